The molecule has 2 N–H and O–H groups in total. The number of likely N-dealkylation sites (tertiary alicyclic amines) is 1. The summed E-state index contributed by atoms with van der Waals surface area (Å²) in [5, 5.41) is 0. The predicted octanol–water partition coefficient (Wildman–Crippen LogP) is 2.04. The highest BCUT2D eigenvalue weighted by atomic mass is 35.5. The molecule has 0 radical (unpaired) electrons. The Hall–Kier alpha value is -0.280. The number of hydrogen-bond donors (Lipinski definition) is 1. The van der Waals surface area contributed by atoms with Gasteiger partial charge in [0.25, 0.3) is 0 Å². The summed E-state index contributed by atoms with van der Waals surface area (Å²) in [7, 11) is 0. The van der Waals surface area contributed by atoms with E-state index >= 15 is 0 Å². The number of amides is 1. The minimum absolute atomic E-state index is 0. The first-order valence-corrected chi connectivity index (χ1v) is 5.94. The Morgan fingerprint density at radius 3 is 2.44 bits per heavy atom. The molecule has 96 valence electrons. The number of halogens is 1. The minimum atomic E-state index is -0.329. The Morgan fingerprint density at radius 1 is 1.50 bits per heavy atom. The summed E-state index contributed by atoms with van der Waals surface area (Å²) >= 11 is 0. The molecule has 1 fully saturated rings. The van der Waals surface area contributed by atoms with E-state index in [1.807, 2.05) is 18.7 Å². The van der Waals surface area contributed by atoms with Crippen molar-refractivity contribution in [3.63, 3.8) is 0 Å². The Labute approximate surface area is 105 Å². The molecule has 1 heterocycles. The normalized spacial score (nSPS) is 26.8. The van der Waals surface area contributed by atoms with Crippen molar-refractivity contribution in [3.05, 3.63) is 0 Å². The number of rotatable bonds is 3. The van der Waals surface area contributed by atoms with Crippen molar-refractivity contribution in [2.24, 2.45) is 17.1 Å². The quantitative estimate of drug-likeness (QED) is 0.831. The molecule has 1 saturated heterocycles. The molecule has 0 aliphatic carbocycles. The van der Waals surface area contributed by atoms with Crippen molar-refractivity contribution in [1.82, 2.24) is 4.90 Å². The highest BCUT2D eigenvalue weighted by molar-refractivity contribution is 5.85. The maximum Gasteiger partial charge on any atom is 0.239 e. The molecule has 2 atom stereocenters. The van der Waals surface area contributed by atoms with Gasteiger partial charge in [0.2, 0.25) is 5.91 Å². The number of hydrogen-bond acceptors (Lipinski definition) is 2. The molecule has 0 aromatic carbocycles. The molecule has 0 saturated carbocycles. The maximum absolute atomic E-state index is 12.0. The molecule has 0 bridgehead atoms. The third-order valence-corrected chi connectivity index (χ3v) is 3.73. The monoisotopic (exact) mass is 248 g/mol. The molecular formula is C12H25ClN2O. The van der Waals surface area contributed by atoms with E-state index in [1.165, 1.54) is 0 Å². The van der Waals surface area contributed by atoms with Gasteiger partial charge in [0, 0.05) is 13.1 Å². The van der Waals surface area contributed by atoms with Crippen LogP contribution in [-0.4, -0.2) is 29.9 Å². The Bertz CT molecular complexity index is 245. The molecule has 1 aliphatic rings. The van der Waals surface area contributed by atoms with E-state index in [2.05, 4.69) is 13.8 Å². The molecule has 16 heavy (non-hydrogen) atoms. The largest absolute Gasteiger partial charge is 0.341 e. The second-order valence-corrected chi connectivity index (χ2v) is 5.44. The predicted molar refractivity (Wildman–Crippen MR) is 69.7 cm³/mol. The van der Waals surface area contributed by atoms with Gasteiger partial charge in [-0.25, -0.2) is 0 Å². The lowest BCUT2D eigenvalue weighted by Crippen LogP contribution is -2.46. The van der Waals surface area contributed by atoms with Crippen LogP contribution < -0.4 is 5.73 Å². The lowest BCUT2D eigenvalue weighted by molar-refractivity contribution is -0.132. The van der Waals surface area contributed by atoms with Crippen LogP contribution in [0.3, 0.4) is 0 Å². The molecule has 1 unspecified atom stereocenters. The van der Waals surface area contributed by atoms with Crippen molar-refractivity contribution >= 4 is 18.3 Å². The minimum Gasteiger partial charge on any atom is -0.341 e. The summed E-state index contributed by atoms with van der Waals surface area (Å²) in [4.78, 5) is 13.9. The Kier molecular flexibility index (Phi) is 5.77. The van der Waals surface area contributed by atoms with Gasteiger partial charge in [-0.05, 0) is 24.2 Å². The van der Waals surface area contributed by atoms with Crippen molar-refractivity contribution in [1.29, 1.82) is 0 Å². The third-order valence-electron chi connectivity index (χ3n) is 3.73. The van der Waals surface area contributed by atoms with E-state index in [9.17, 15) is 4.79 Å². The molecule has 0 aromatic heterocycles. The molecule has 1 amide bonds. The summed E-state index contributed by atoms with van der Waals surface area (Å²) in [5.74, 6) is 0.355. The number of carbonyl (C=O) groups excluding carboxylic acids is 1. The molecule has 0 spiro atoms. The van der Waals surface area contributed by atoms with Crippen LogP contribution in [0.15, 0.2) is 0 Å². The van der Waals surface area contributed by atoms with Gasteiger partial charge >= 0.3 is 0 Å². The second kappa shape index (κ2) is 5.87. The summed E-state index contributed by atoms with van der Waals surface area (Å²) in [6.07, 6.45) is 2.24. The van der Waals surface area contributed by atoms with Gasteiger partial charge in [0.1, 0.15) is 0 Å². The zero-order chi connectivity index (χ0) is 11.6. The van der Waals surface area contributed by atoms with Crippen molar-refractivity contribution in [3.8, 4) is 0 Å². The van der Waals surface area contributed by atoms with Crippen molar-refractivity contribution in [2.45, 2.75) is 46.6 Å². The van der Waals surface area contributed by atoms with E-state index in [1.54, 1.807) is 0 Å². The summed E-state index contributed by atoms with van der Waals surface area (Å²) in [6.45, 7) is 10.2. The van der Waals surface area contributed by atoms with Crippen LogP contribution in [0.5, 0.6) is 0 Å². The van der Waals surface area contributed by atoms with Crippen molar-refractivity contribution < 1.29 is 4.79 Å². The summed E-state index contributed by atoms with van der Waals surface area (Å²) in [6, 6.07) is -0.329. The van der Waals surface area contributed by atoms with Crippen molar-refractivity contribution in [2.75, 3.05) is 13.1 Å². The fourth-order valence-corrected chi connectivity index (χ4v) is 2.00. The summed E-state index contributed by atoms with van der Waals surface area (Å²) < 4.78 is 0. The van der Waals surface area contributed by atoms with Crippen LogP contribution in [0.4, 0.5) is 0 Å². The average molecular weight is 249 g/mol. The van der Waals surface area contributed by atoms with E-state index in [0.29, 0.717) is 5.41 Å². The van der Waals surface area contributed by atoms with Gasteiger partial charge in [-0.15, -0.1) is 12.4 Å². The third kappa shape index (κ3) is 3.36. The molecule has 1 aliphatic heterocycles. The van der Waals surface area contributed by atoms with E-state index in [0.717, 1.165) is 25.9 Å². The van der Waals surface area contributed by atoms with Crippen LogP contribution >= 0.6 is 12.4 Å². The molecule has 4 heteroatoms. The van der Waals surface area contributed by atoms with E-state index in [4.69, 9.17) is 5.73 Å². The lowest BCUT2D eigenvalue weighted by Gasteiger charge is -2.26. The smallest absolute Gasteiger partial charge is 0.239 e. The highest BCUT2D eigenvalue weighted by Gasteiger charge is 2.36. The maximum atomic E-state index is 12.0. The zero-order valence-electron chi connectivity index (χ0n) is 10.8. The molecular weight excluding hydrogens is 224 g/mol. The van der Waals surface area contributed by atoms with Gasteiger partial charge in [-0.1, -0.05) is 27.7 Å². The Morgan fingerprint density at radius 2 is 2.06 bits per heavy atom. The first kappa shape index (κ1) is 15.7. The van der Waals surface area contributed by atoms with Gasteiger partial charge in [-0.3, -0.25) is 4.79 Å². The average Bonchev–Trinajstić information content (AvgIpc) is 2.59. The number of nitrogens with two attached hydrogens (primary N) is 1. The van der Waals surface area contributed by atoms with Gasteiger partial charge in [-0.2, -0.15) is 0 Å². The lowest BCUT2D eigenvalue weighted by atomic mass is 9.87. The zero-order valence-corrected chi connectivity index (χ0v) is 11.6. The van der Waals surface area contributed by atoms with E-state index < -0.39 is 0 Å². The van der Waals surface area contributed by atoms with Crippen LogP contribution in [0, 0.1) is 11.3 Å². The van der Waals surface area contributed by atoms with Crippen LogP contribution in [-0.2, 0) is 4.79 Å². The topological polar surface area (TPSA) is 46.3 Å². The van der Waals surface area contributed by atoms with E-state index in [-0.39, 0.29) is 30.3 Å². The molecule has 0 aromatic rings. The van der Waals surface area contributed by atoms with Crippen LogP contribution in [0.2, 0.25) is 0 Å². The highest BCUT2D eigenvalue weighted by Crippen LogP contribution is 2.33. The fraction of sp³-hybridized carbons (Fsp3) is 0.917. The fourth-order valence-electron chi connectivity index (χ4n) is 2.00. The number of carbonyl (C=O) groups is 1. The van der Waals surface area contributed by atoms with Gasteiger partial charge < -0.3 is 10.6 Å². The van der Waals surface area contributed by atoms with Crippen LogP contribution in [0.25, 0.3) is 0 Å². The SMILES string of the molecule is CCC1(C)CCN(C(=O)[C@@H](N)C(C)C)C1.Cl. The van der Waals surface area contributed by atoms with Gasteiger partial charge in [0.05, 0.1) is 6.04 Å². The molecule has 1 rings (SSSR count). The molecule has 3 nitrogen and oxygen atoms in total. The summed E-state index contributed by atoms with van der Waals surface area (Å²) in [5.41, 5.74) is 6.19. The first-order valence-electron chi connectivity index (χ1n) is 5.94. The standard InChI is InChI=1S/C12H24N2O.ClH/c1-5-12(4)6-7-14(8-12)11(15)10(13)9(2)3;/h9-10H,5-8,13H2,1-4H3;1H/t10-,12?;/m0./s1. The first-order chi connectivity index (χ1) is 6.89. The second-order valence-electron chi connectivity index (χ2n) is 5.44. The Balaban J connectivity index is 0.00000225. The number of nitrogens with zero attached hydrogens (tertiary/aromatic N) is 1. The van der Waals surface area contributed by atoms with Gasteiger partial charge in [0.15, 0.2) is 0 Å². The van der Waals surface area contributed by atoms with Crippen LogP contribution in [0.1, 0.15) is 40.5 Å².